The summed E-state index contributed by atoms with van der Waals surface area (Å²) in [4.78, 5) is 21.7. The fourth-order valence-corrected chi connectivity index (χ4v) is 1.23. The average molecular weight is 223 g/mol. The van der Waals surface area contributed by atoms with Crippen molar-refractivity contribution < 1.29 is 14.3 Å². The number of esters is 1. The predicted octanol–water partition coefficient (Wildman–Crippen LogP) is 1.35. The van der Waals surface area contributed by atoms with Crippen LogP contribution in [0.4, 0.5) is 0 Å². The zero-order chi connectivity index (χ0) is 12.4. The van der Waals surface area contributed by atoms with Crippen LogP contribution in [0.2, 0.25) is 0 Å². The zero-order valence-electron chi connectivity index (χ0n) is 9.60. The van der Waals surface area contributed by atoms with Crippen LogP contribution in [0.3, 0.4) is 0 Å². The second-order valence-corrected chi connectivity index (χ2v) is 3.04. The van der Waals surface area contributed by atoms with E-state index < -0.39 is 12.0 Å². The summed E-state index contributed by atoms with van der Waals surface area (Å²) >= 11 is 0. The Morgan fingerprint density at radius 1 is 1.56 bits per heavy atom. The first-order valence-corrected chi connectivity index (χ1v) is 4.91. The molecule has 4 heteroatoms. The van der Waals surface area contributed by atoms with Crippen molar-refractivity contribution in [1.29, 1.82) is 0 Å². The Kier molecular flexibility index (Phi) is 7.49. The molecule has 0 aliphatic heterocycles. The minimum Gasteiger partial charge on any atom is -0.467 e. The van der Waals surface area contributed by atoms with Gasteiger partial charge in [-0.15, -0.1) is 0 Å². The number of hydrogen-bond acceptors (Lipinski definition) is 3. The molecule has 0 saturated heterocycles. The van der Waals surface area contributed by atoms with E-state index in [-0.39, 0.29) is 0 Å². The highest BCUT2D eigenvalue weighted by Gasteiger charge is 2.18. The van der Waals surface area contributed by atoms with E-state index in [1.54, 1.807) is 12.2 Å². The molecule has 1 N–H and O–H groups in total. The third kappa shape index (κ3) is 5.14. The number of nitrogens with one attached hydrogen (secondary N) is 1. The van der Waals surface area contributed by atoms with Crippen molar-refractivity contribution in [2.45, 2.75) is 19.4 Å². The van der Waals surface area contributed by atoms with Crippen LogP contribution in [0.15, 0.2) is 36.5 Å². The van der Waals surface area contributed by atoms with Crippen LogP contribution < -0.4 is 5.32 Å². The molecule has 0 aliphatic carbocycles. The molecule has 1 atom stereocenters. The third-order valence-corrected chi connectivity index (χ3v) is 1.91. The standard InChI is InChI=1S/C12H17NO3/c1-4-6-10(7-5-2)8-11(13-9-14)12(15)16-3/h4-7,9,11H,1,8H2,2-3H3,(H,13,14)/b7-5-,10-6+. The van der Waals surface area contributed by atoms with Crippen LogP contribution in [0.5, 0.6) is 0 Å². The molecule has 0 aromatic heterocycles. The average Bonchev–Trinajstić information content (AvgIpc) is 2.28. The van der Waals surface area contributed by atoms with Crippen molar-refractivity contribution in [1.82, 2.24) is 5.32 Å². The Labute approximate surface area is 95.7 Å². The van der Waals surface area contributed by atoms with E-state index in [0.717, 1.165) is 5.57 Å². The van der Waals surface area contributed by atoms with Gasteiger partial charge >= 0.3 is 5.97 Å². The van der Waals surface area contributed by atoms with Gasteiger partial charge in [-0.05, 0) is 12.5 Å². The molecule has 88 valence electrons. The van der Waals surface area contributed by atoms with Crippen molar-refractivity contribution >= 4 is 12.4 Å². The molecule has 0 aromatic carbocycles. The second kappa shape index (κ2) is 8.47. The smallest absolute Gasteiger partial charge is 0.328 e. The summed E-state index contributed by atoms with van der Waals surface area (Å²) in [5.74, 6) is -0.466. The van der Waals surface area contributed by atoms with E-state index in [1.165, 1.54) is 7.11 Å². The molecule has 0 spiro atoms. The fraction of sp³-hybridized carbons (Fsp3) is 0.333. The monoisotopic (exact) mass is 223 g/mol. The number of amides is 1. The minimum atomic E-state index is -0.662. The first-order valence-electron chi connectivity index (χ1n) is 4.91. The molecule has 0 heterocycles. The minimum absolute atomic E-state index is 0.377. The summed E-state index contributed by atoms with van der Waals surface area (Å²) in [5.41, 5.74) is 0.891. The maximum absolute atomic E-state index is 11.3. The van der Waals surface area contributed by atoms with Gasteiger partial charge in [0.15, 0.2) is 0 Å². The van der Waals surface area contributed by atoms with Crippen LogP contribution >= 0.6 is 0 Å². The largest absolute Gasteiger partial charge is 0.467 e. The van der Waals surface area contributed by atoms with Gasteiger partial charge in [-0.25, -0.2) is 4.79 Å². The fourth-order valence-electron chi connectivity index (χ4n) is 1.23. The molecule has 0 rings (SSSR count). The molecular weight excluding hydrogens is 206 g/mol. The molecule has 0 aliphatic rings. The summed E-state index contributed by atoms with van der Waals surface area (Å²) in [5, 5.41) is 2.42. The number of ether oxygens (including phenoxy) is 1. The lowest BCUT2D eigenvalue weighted by atomic mass is 10.1. The van der Waals surface area contributed by atoms with Crippen LogP contribution in [-0.4, -0.2) is 25.5 Å². The second-order valence-electron chi connectivity index (χ2n) is 3.04. The number of carbonyl (C=O) groups is 2. The summed E-state index contributed by atoms with van der Waals surface area (Å²) in [7, 11) is 1.29. The van der Waals surface area contributed by atoms with Gasteiger partial charge in [0.05, 0.1) is 7.11 Å². The van der Waals surface area contributed by atoms with E-state index in [4.69, 9.17) is 0 Å². The molecule has 0 radical (unpaired) electrons. The molecule has 0 fully saturated rings. The molecule has 0 aromatic rings. The van der Waals surface area contributed by atoms with Gasteiger partial charge in [-0.2, -0.15) is 0 Å². The molecule has 4 nitrogen and oxygen atoms in total. The SMILES string of the molecule is C=C/C=C(\C=C/C)CC(NC=O)C(=O)OC. The lowest BCUT2D eigenvalue weighted by molar-refractivity contribution is -0.144. The van der Waals surface area contributed by atoms with Gasteiger partial charge in [0.2, 0.25) is 6.41 Å². The number of allylic oxidation sites excluding steroid dienone is 4. The lowest BCUT2D eigenvalue weighted by Gasteiger charge is -2.13. The Morgan fingerprint density at radius 3 is 2.69 bits per heavy atom. The number of carbonyl (C=O) groups excluding carboxylic acids is 2. The van der Waals surface area contributed by atoms with Crippen LogP contribution in [0, 0.1) is 0 Å². The van der Waals surface area contributed by atoms with E-state index in [0.29, 0.717) is 12.8 Å². The van der Waals surface area contributed by atoms with E-state index in [2.05, 4.69) is 16.6 Å². The summed E-state index contributed by atoms with van der Waals surface area (Å²) in [6.07, 6.45) is 7.98. The third-order valence-electron chi connectivity index (χ3n) is 1.91. The van der Waals surface area contributed by atoms with Gasteiger partial charge in [-0.1, -0.05) is 30.9 Å². The molecule has 0 saturated carbocycles. The summed E-state index contributed by atoms with van der Waals surface area (Å²) < 4.78 is 4.58. The van der Waals surface area contributed by atoms with Crippen molar-refractivity contribution in [2.24, 2.45) is 0 Å². The van der Waals surface area contributed by atoms with Gasteiger partial charge < -0.3 is 10.1 Å². The summed E-state index contributed by atoms with van der Waals surface area (Å²) in [6.45, 7) is 5.46. The van der Waals surface area contributed by atoms with E-state index in [9.17, 15) is 9.59 Å². The lowest BCUT2D eigenvalue weighted by Crippen LogP contribution is -2.36. The van der Waals surface area contributed by atoms with Crippen LogP contribution in [0.1, 0.15) is 13.3 Å². The van der Waals surface area contributed by atoms with E-state index in [1.807, 2.05) is 19.1 Å². The van der Waals surface area contributed by atoms with E-state index >= 15 is 0 Å². The van der Waals surface area contributed by atoms with Gasteiger partial charge in [-0.3, -0.25) is 4.79 Å². The van der Waals surface area contributed by atoms with Crippen LogP contribution in [-0.2, 0) is 14.3 Å². The van der Waals surface area contributed by atoms with Gasteiger partial charge in [0, 0.05) is 6.42 Å². The topological polar surface area (TPSA) is 55.4 Å². The van der Waals surface area contributed by atoms with Crippen molar-refractivity contribution in [3.63, 3.8) is 0 Å². The first kappa shape index (κ1) is 14.2. The maximum atomic E-state index is 11.3. The Bertz CT molecular complexity index is 305. The van der Waals surface area contributed by atoms with Crippen LogP contribution in [0.25, 0.3) is 0 Å². The van der Waals surface area contributed by atoms with Crippen molar-refractivity contribution in [3.8, 4) is 0 Å². The summed E-state index contributed by atoms with van der Waals surface area (Å²) in [6, 6.07) is -0.662. The Morgan fingerprint density at radius 2 is 2.25 bits per heavy atom. The number of rotatable bonds is 7. The number of hydrogen-bond donors (Lipinski definition) is 1. The van der Waals surface area contributed by atoms with Crippen molar-refractivity contribution in [2.75, 3.05) is 7.11 Å². The maximum Gasteiger partial charge on any atom is 0.328 e. The highest BCUT2D eigenvalue weighted by Crippen LogP contribution is 2.09. The highest BCUT2D eigenvalue weighted by atomic mass is 16.5. The molecule has 0 bridgehead atoms. The predicted molar refractivity (Wildman–Crippen MR) is 62.7 cm³/mol. The first-order chi connectivity index (χ1) is 7.69. The normalized spacial score (nSPS) is 13.2. The molecule has 1 unspecified atom stereocenters. The van der Waals surface area contributed by atoms with Crippen molar-refractivity contribution in [3.05, 3.63) is 36.5 Å². The van der Waals surface area contributed by atoms with Gasteiger partial charge in [0.25, 0.3) is 0 Å². The Hall–Kier alpha value is -1.84. The zero-order valence-corrected chi connectivity index (χ0v) is 9.60. The quantitative estimate of drug-likeness (QED) is 0.402. The van der Waals surface area contributed by atoms with Gasteiger partial charge in [0.1, 0.15) is 6.04 Å². The molecule has 1 amide bonds. The molecule has 16 heavy (non-hydrogen) atoms. The highest BCUT2D eigenvalue weighted by molar-refractivity contribution is 5.78. The number of methoxy groups -OCH3 is 1. The molecular formula is C12H17NO3. The Balaban J connectivity index is 4.69.